The van der Waals surface area contributed by atoms with Crippen LogP contribution in [0.2, 0.25) is 0 Å². The van der Waals surface area contributed by atoms with Crippen molar-refractivity contribution in [2.24, 2.45) is 0 Å². The Labute approximate surface area is 180 Å². The van der Waals surface area contributed by atoms with Crippen molar-refractivity contribution in [2.75, 3.05) is 13.1 Å². The second-order valence-corrected chi connectivity index (χ2v) is 12.1. The molecule has 8 nitrogen and oxygen atoms in total. The maximum absolute atomic E-state index is 12.9. The SMILES string of the molecule is O=C(NC1CCN(S(=O)(=O)c2ccc(S(=O)(=O)NC3CC3)cc2)CC1)c1cccs1. The second-order valence-electron chi connectivity index (χ2n) is 7.50. The Morgan fingerprint density at radius 2 is 1.53 bits per heavy atom. The summed E-state index contributed by atoms with van der Waals surface area (Å²) < 4.78 is 54.3. The standard InChI is InChI=1S/C19H23N3O5S3/c23-19(18-2-1-13-28-18)20-14-9-11-22(12-10-14)30(26,27)17-7-5-16(6-8-17)29(24,25)21-15-3-4-15/h1-2,5-8,13-15,21H,3-4,9-12H2,(H,20,23). The van der Waals surface area contributed by atoms with Crippen LogP contribution in [0.1, 0.15) is 35.4 Å². The number of amides is 1. The zero-order chi connectivity index (χ0) is 21.4. The van der Waals surface area contributed by atoms with E-state index in [9.17, 15) is 21.6 Å². The van der Waals surface area contributed by atoms with Crippen LogP contribution < -0.4 is 10.0 Å². The summed E-state index contributed by atoms with van der Waals surface area (Å²) in [6.07, 6.45) is 2.70. The van der Waals surface area contributed by atoms with Gasteiger partial charge in [-0.1, -0.05) is 6.07 Å². The van der Waals surface area contributed by atoms with Gasteiger partial charge in [0.15, 0.2) is 0 Å². The smallest absolute Gasteiger partial charge is 0.261 e. The fourth-order valence-corrected chi connectivity index (χ4v) is 6.73. The molecule has 0 radical (unpaired) electrons. The molecule has 30 heavy (non-hydrogen) atoms. The molecular formula is C19H23N3O5S3. The number of nitrogens with zero attached hydrogens (tertiary/aromatic N) is 1. The van der Waals surface area contributed by atoms with Crippen molar-refractivity contribution in [1.82, 2.24) is 14.3 Å². The van der Waals surface area contributed by atoms with Gasteiger partial charge in [-0.2, -0.15) is 4.31 Å². The first-order valence-electron chi connectivity index (χ1n) is 9.73. The predicted octanol–water partition coefficient (Wildman–Crippen LogP) is 1.77. The fourth-order valence-electron chi connectivity index (χ4n) is 3.33. The van der Waals surface area contributed by atoms with E-state index in [-0.39, 0.29) is 27.8 Å². The molecule has 1 aromatic carbocycles. The molecule has 4 rings (SSSR count). The summed E-state index contributed by atoms with van der Waals surface area (Å²) in [5.74, 6) is -0.136. The molecule has 1 aliphatic heterocycles. The molecular weight excluding hydrogens is 446 g/mol. The molecule has 162 valence electrons. The number of carbonyl (C=O) groups is 1. The molecule has 2 N–H and O–H groups in total. The van der Waals surface area contributed by atoms with Gasteiger partial charge in [0.25, 0.3) is 5.91 Å². The number of thiophene rings is 1. The molecule has 0 bridgehead atoms. The molecule has 1 saturated heterocycles. The van der Waals surface area contributed by atoms with Crippen LogP contribution in [0, 0.1) is 0 Å². The molecule has 1 aromatic heterocycles. The van der Waals surface area contributed by atoms with Crippen LogP contribution in [0.5, 0.6) is 0 Å². The van der Waals surface area contributed by atoms with Crippen LogP contribution in [-0.4, -0.2) is 52.2 Å². The Balaban J connectivity index is 1.37. The first-order valence-corrected chi connectivity index (χ1v) is 13.5. The lowest BCUT2D eigenvalue weighted by molar-refractivity contribution is 0.0928. The third-order valence-electron chi connectivity index (χ3n) is 5.21. The Bertz CT molecular complexity index is 1100. The number of rotatable bonds is 7. The lowest BCUT2D eigenvalue weighted by atomic mass is 10.1. The van der Waals surface area contributed by atoms with Gasteiger partial charge < -0.3 is 5.32 Å². The van der Waals surface area contributed by atoms with E-state index in [1.807, 2.05) is 11.4 Å². The first-order chi connectivity index (χ1) is 14.3. The summed E-state index contributed by atoms with van der Waals surface area (Å²) >= 11 is 1.37. The van der Waals surface area contributed by atoms with Gasteiger partial charge in [0, 0.05) is 25.2 Å². The summed E-state index contributed by atoms with van der Waals surface area (Å²) in [5.41, 5.74) is 0. The summed E-state index contributed by atoms with van der Waals surface area (Å²) in [6.45, 7) is 0.585. The Kier molecular flexibility index (Phi) is 5.99. The van der Waals surface area contributed by atoms with E-state index < -0.39 is 20.0 Å². The number of benzene rings is 1. The van der Waals surface area contributed by atoms with Gasteiger partial charge in [-0.15, -0.1) is 11.3 Å². The maximum atomic E-state index is 12.9. The van der Waals surface area contributed by atoms with E-state index in [1.54, 1.807) is 6.07 Å². The van der Waals surface area contributed by atoms with Crippen molar-refractivity contribution in [3.8, 4) is 0 Å². The number of carbonyl (C=O) groups excluding carboxylic acids is 1. The molecule has 2 fully saturated rings. The highest BCUT2D eigenvalue weighted by Gasteiger charge is 2.31. The third-order valence-corrected chi connectivity index (χ3v) is 9.52. The van der Waals surface area contributed by atoms with Crippen LogP contribution >= 0.6 is 11.3 Å². The monoisotopic (exact) mass is 469 g/mol. The number of sulfonamides is 2. The molecule has 11 heteroatoms. The van der Waals surface area contributed by atoms with Crippen LogP contribution in [0.3, 0.4) is 0 Å². The minimum atomic E-state index is -3.72. The molecule has 1 aliphatic carbocycles. The van der Waals surface area contributed by atoms with E-state index in [4.69, 9.17) is 0 Å². The van der Waals surface area contributed by atoms with Crippen LogP contribution in [0.25, 0.3) is 0 Å². The van der Waals surface area contributed by atoms with Gasteiger partial charge in [0.2, 0.25) is 20.0 Å². The van der Waals surface area contributed by atoms with E-state index in [1.165, 1.54) is 39.9 Å². The lowest BCUT2D eigenvalue weighted by Crippen LogP contribution is -2.46. The highest BCUT2D eigenvalue weighted by Crippen LogP contribution is 2.25. The number of hydrogen-bond acceptors (Lipinski definition) is 6. The fraction of sp³-hybridized carbons (Fsp3) is 0.421. The van der Waals surface area contributed by atoms with Crippen LogP contribution in [0.4, 0.5) is 0 Å². The molecule has 1 amide bonds. The highest BCUT2D eigenvalue weighted by molar-refractivity contribution is 7.89. The van der Waals surface area contributed by atoms with Crippen molar-refractivity contribution < 1.29 is 21.6 Å². The van der Waals surface area contributed by atoms with Crippen molar-refractivity contribution >= 4 is 37.3 Å². The first kappa shape index (κ1) is 21.4. The normalized spacial score (nSPS) is 18.9. The van der Waals surface area contributed by atoms with Gasteiger partial charge in [0.1, 0.15) is 0 Å². The van der Waals surface area contributed by atoms with Gasteiger partial charge in [-0.3, -0.25) is 4.79 Å². The summed E-state index contributed by atoms with van der Waals surface area (Å²) in [4.78, 5) is 12.9. The molecule has 2 aromatic rings. The molecule has 0 atom stereocenters. The van der Waals surface area contributed by atoms with Crippen LogP contribution in [0.15, 0.2) is 51.6 Å². The Morgan fingerprint density at radius 1 is 0.900 bits per heavy atom. The quantitative estimate of drug-likeness (QED) is 0.642. The third kappa shape index (κ3) is 4.75. The molecule has 0 unspecified atom stereocenters. The van der Waals surface area contributed by atoms with Crippen molar-refractivity contribution in [3.05, 3.63) is 46.7 Å². The summed E-state index contributed by atoms with van der Waals surface area (Å²) in [6, 6.07) is 8.80. The predicted molar refractivity (Wildman–Crippen MR) is 113 cm³/mol. The second kappa shape index (κ2) is 8.39. The zero-order valence-electron chi connectivity index (χ0n) is 16.2. The van der Waals surface area contributed by atoms with Crippen molar-refractivity contribution in [1.29, 1.82) is 0 Å². The minimum Gasteiger partial charge on any atom is -0.349 e. The number of hydrogen-bond donors (Lipinski definition) is 2. The summed E-state index contributed by atoms with van der Waals surface area (Å²) in [7, 11) is -7.34. The Morgan fingerprint density at radius 3 is 2.10 bits per heavy atom. The average Bonchev–Trinajstić information content (AvgIpc) is 3.35. The van der Waals surface area contributed by atoms with Gasteiger partial charge in [-0.05, 0) is 61.4 Å². The molecule has 2 aliphatic rings. The van der Waals surface area contributed by atoms with E-state index >= 15 is 0 Å². The average molecular weight is 470 g/mol. The van der Waals surface area contributed by atoms with E-state index in [2.05, 4.69) is 10.0 Å². The highest BCUT2D eigenvalue weighted by atomic mass is 32.2. The maximum Gasteiger partial charge on any atom is 0.261 e. The molecule has 2 heterocycles. The minimum absolute atomic E-state index is 0.0139. The Hall–Kier alpha value is -1.79. The van der Waals surface area contributed by atoms with Gasteiger partial charge >= 0.3 is 0 Å². The van der Waals surface area contributed by atoms with Crippen molar-refractivity contribution in [3.63, 3.8) is 0 Å². The molecule has 0 spiro atoms. The number of nitrogens with one attached hydrogen (secondary N) is 2. The van der Waals surface area contributed by atoms with Crippen LogP contribution in [-0.2, 0) is 20.0 Å². The van der Waals surface area contributed by atoms with E-state index in [0.717, 1.165) is 12.8 Å². The molecule has 1 saturated carbocycles. The lowest BCUT2D eigenvalue weighted by Gasteiger charge is -2.31. The van der Waals surface area contributed by atoms with Gasteiger partial charge in [0.05, 0.1) is 14.7 Å². The topological polar surface area (TPSA) is 113 Å². The number of piperidine rings is 1. The van der Waals surface area contributed by atoms with Gasteiger partial charge in [-0.25, -0.2) is 21.6 Å². The van der Waals surface area contributed by atoms with Crippen molar-refractivity contribution in [2.45, 2.75) is 47.6 Å². The van der Waals surface area contributed by atoms with E-state index in [0.29, 0.717) is 30.8 Å². The zero-order valence-corrected chi connectivity index (χ0v) is 18.6. The largest absolute Gasteiger partial charge is 0.349 e. The summed E-state index contributed by atoms with van der Waals surface area (Å²) in [5, 5.41) is 4.79.